The highest BCUT2D eigenvalue weighted by molar-refractivity contribution is 5.85. The van der Waals surface area contributed by atoms with Crippen LogP contribution in [0.15, 0.2) is 0 Å². The van der Waals surface area contributed by atoms with Gasteiger partial charge in [0.1, 0.15) is 0 Å². The van der Waals surface area contributed by atoms with Crippen LogP contribution >= 0.6 is 12.4 Å². The molecule has 1 rings (SSSR count). The van der Waals surface area contributed by atoms with Crippen molar-refractivity contribution in [3.63, 3.8) is 0 Å². The van der Waals surface area contributed by atoms with Crippen LogP contribution in [0.2, 0.25) is 0 Å². The quantitative estimate of drug-likeness (QED) is 0.520. The number of hydrogen-bond donors (Lipinski definition) is 2. The van der Waals surface area contributed by atoms with E-state index in [0.29, 0.717) is 12.5 Å². The van der Waals surface area contributed by atoms with Crippen molar-refractivity contribution in [2.75, 3.05) is 19.7 Å². The average molecular weight is 156 g/mol. The Morgan fingerprint density at radius 3 is 2.44 bits per heavy atom. The second-order valence-corrected chi connectivity index (χ2v) is 2.04. The molecule has 9 heavy (non-hydrogen) atoms. The lowest BCUT2D eigenvalue weighted by Gasteiger charge is -1.98. The van der Waals surface area contributed by atoms with E-state index in [4.69, 9.17) is 5.11 Å². The highest BCUT2D eigenvalue weighted by Crippen LogP contribution is 2.03. The maximum absolute atomic E-state index is 8.53. The summed E-state index contributed by atoms with van der Waals surface area (Å²) < 4.78 is 0. The zero-order valence-electron chi connectivity index (χ0n) is 5.26. The van der Waals surface area contributed by atoms with Crippen LogP contribution in [-0.4, -0.2) is 30.3 Å². The van der Waals surface area contributed by atoms with Gasteiger partial charge < -0.3 is 15.9 Å². The molecule has 0 saturated carbocycles. The van der Waals surface area contributed by atoms with E-state index in [1.807, 2.05) is 0 Å². The van der Waals surface area contributed by atoms with Crippen molar-refractivity contribution >= 4 is 12.4 Å². The van der Waals surface area contributed by atoms with Gasteiger partial charge in [-0.05, 0) is 18.9 Å². The van der Waals surface area contributed by atoms with Crippen LogP contribution in [0.1, 0.15) is 6.42 Å². The monoisotopic (exact) mass is 155 g/mol. The van der Waals surface area contributed by atoms with E-state index in [1.54, 1.807) is 0 Å². The summed E-state index contributed by atoms with van der Waals surface area (Å²) in [6, 6.07) is 0. The van der Waals surface area contributed by atoms with E-state index >= 15 is 0 Å². The number of nitrogens with one attached hydrogen (secondary N) is 1. The fourth-order valence-corrected chi connectivity index (χ4v) is 0.870. The molecule has 4 N–H and O–H groups in total. The number of halogens is 1. The molecular weight excluding hydrogens is 142 g/mol. The Hall–Kier alpha value is 0.170. The maximum Gasteiger partial charge on any atom is 0.0471 e. The van der Waals surface area contributed by atoms with Gasteiger partial charge in [0, 0.05) is 13.2 Å². The zero-order chi connectivity index (χ0) is 5.11. The Morgan fingerprint density at radius 2 is 2.22 bits per heavy atom. The molecule has 3 nitrogen and oxygen atoms in total. The molecule has 1 unspecified atom stereocenters. The number of rotatable bonds is 1. The van der Waals surface area contributed by atoms with Crippen LogP contribution in [0.4, 0.5) is 0 Å². The van der Waals surface area contributed by atoms with Gasteiger partial charge in [-0.15, -0.1) is 12.4 Å². The molecule has 1 atom stereocenters. The molecule has 0 aromatic heterocycles. The summed E-state index contributed by atoms with van der Waals surface area (Å²) in [6.45, 7) is 2.45. The standard InChI is InChI=1S/C5H11NO.ClH.H2O/c7-4-5-1-2-6-3-5;;/h5-7H,1-4H2;1H;1H2. The molecule has 1 saturated heterocycles. The molecule has 0 radical (unpaired) electrons. The highest BCUT2D eigenvalue weighted by Gasteiger charge is 2.11. The summed E-state index contributed by atoms with van der Waals surface area (Å²) >= 11 is 0. The van der Waals surface area contributed by atoms with Crippen molar-refractivity contribution < 1.29 is 10.6 Å². The molecule has 0 aromatic carbocycles. The van der Waals surface area contributed by atoms with Crippen LogP contribution in [-0.2, 0) is 0 Å². The second-order valence-electron chi connectivity index (χ2n) is 2.04. The number of hydrogen-bond acceptors (Lipinski definition) is 2. The fraction of sp³-hybridized carbons (Fsp3) is 1.00. The molecule has 0 spiro atoms. The predicted octanol–water partition coefficient (Wildman–Crippen LogP) is -0.815. The fourth-order valence-electron chi connectivity index (χ4n) is 0.870. The first kappa shape index (κ1) is 11.9. The maximum atomic E-state index is 8.53. The Kier molecular flexibility index (Phi) is 8.32. The third kappa shape index (κ3) is 3.70. The number of aliphatic hydroxyl groups is 1. The normalized spacial score (nSPS) is 24.3. The van der Waals surface area contributed by atoms with Gasteiger partial charge in [-0.3, -0.25) is 0 Å². The topological polar surface area (TPSA) is 63.8 Å². The Morgan fingerprint density at radius 1 is 1.56 bits per heavy atom. The van der Waals surface area contributed by atoms with Gasteiger partial charge in [0.05, 0.1) is 0 Å². The van der Waals surface area contributed by atoms with Crippen molar-refractivity contribution in [3.8, 4) is 0 Å². The second kappa shape index (κ2) is 6.29. The van der Waals surface area contributed by atoms with Crippen molar-refractivity contribution in [1.29, 1.82) is 0 Å². The van der Waals surface area contributed by atoms with E-state index in [9.17, 15) is 0 Å². The summed E-state index contributed by atoms with van der Waals surface area (Å²) in [5.41, 5.74) is 0. The summed E-state index contributed by atoms with van der Waals surface area (Å²) in [4.78, 5) is 0. The van der Waals surface area contributed by atoms with Gasteiger partial charge in [0.25, 0.3) is 0 Å². The first-order valence-electron chi connectivity index (χ1n) is 2.75. The minimum atomic E-state index is 0. The van der Waals surface area contributed by atoms with E-state index in [0.717, 1.165) is 19.5 Å². The lowest BCUT2D eigenvalue weighted by Crippen LogP contribution is -2.11. The van der Waals surface area contributed by atoms with Gasteiger partial charge in [0.15, 0.2) is 0 Å². The largest absolute Gasteiger partial charge is 0.412 e. The van der Waals surface area contributed by atoms with Crippen molar-refractivity contribution in [2.24, 2.45) is 5.92 Å². The van der Waals surface area contributed by atoms with Gasteiger partial charge in [-0.25, -0.2) is 0 Å². The third-order valence-electron chi connectivity index (χ3n) is 1.42. The molecule has 1 aliphatic rings. The van der Waals surface area contributed by atoms with E-state index in [-0.39, 0.29) is 17.9 Å². The highest BCUT2D eigenvalue weighted by atomic mass is 35.5. The van der Waals surface area contributed by atoms with E-state index in [2.05, 4.69) is 5.32 Å². The molecule has 1 aliphatic heterocycles. The van der Waals surface area contributed by atoms with Crippen LogP contribution in [0, 0.1) is 5.92 Å². The summed E-state index contributed by atoms with van der Waals surface area (Å²) in [6.07, 6.45) is 1.15. The first-order valence-corrected chi connectivity index (χ1v) is 2.75. The van der Waals surface area contributed by atoms with E-state index in [1.165, 1.54) is 0 Å². The van der Waals surface area contributed by atoms with Crippen molar-refractivity contribution in [1.82, 2.24) is 5.32 Å². The van der Waals surface area contributed by atoms with Crippen LogP contribution in [0.25, 0.3) is 0 Å². The molecule has 4 heteroatoms. The number of aliphatic hydroxyl groups excluding tert-OH is 1. The molecular formula is C5H14ClNO2. The van der Waals surface area contributed by atoms with Crippen molar-refractivity contribution in [3.05, 3.63) is 0 Å². The Labute approximate surface area is 61.2 Å². The van der Waals surface area contributed by atoms with Gasteiger partial charge in [0.2, 0.25) is 0 Å². The summed E-state index contributed by atoms with van der Waals surface area (Å²) in [5, 5.41) is 11.7. The molecule has 1 heterocycles. The lowest BCUT2D eigenvalue weighted by molar-refractivity contribution is 0.237. The summed E-state index contributed by atoms with van der Waals surface area (Å²) in [7, 11) is 0. The van der Waals surface area contributed by atoms with Gasteiger partial charge >= 0.3 is 0 Å². The van der Waals surface area contributed by atoms with Gasteiger partial charge in [-0.1, -0.05) is 0 Å². The molecule has 0 aromatic rings. The predicted molar refractivity (Wildman–Crippen MR) is 38.9 cm³/mol. The van der Waals surface area contributed by atoms with Crippen LogP contribution in [0.5, 0.6) is 0 Å². The van der Waals surface area contributed by atoms with Gasteiger partial charge in [-0.2, -0.15) is 0 Å². The minimum Gasteiger partial charge on any atom is -0.412 e. The molecule has 0 amide bonds. The molecule has 1 fully saturated rings. The smallest absolute Gasteiger partial charge is 0.0471 e. The SMILES string of the molecule is Cl.O.OCC1CCNC1. The molecule has 58 valence electrons. The van der Waals surface area contributed by atoms with Crippen LogP contribution in [0.3, 0.4) is 0 Å². The first-order chi connectivity index (χ1) is 3.43. The third-order valence-corrected chi connectivity index (χ3v) is 1.42. The van der Waals surface area contributed by atoms with Crippen LogP contribution < -0.4 is 5.32 Å². The Balaban J connectivity index is 0. The molecule has 0 aliphatic carbocycles. The summed E-state index contributed by atoms with van der Waals surface area (Å²) in [5.74, 6) is 0.542. The van der Waals surface area contributed by atoms with E-state index < -0.39 is 0 Å². The minimum absolute atomic E-state index is 0. The Bertz CT molecular complexity index is 56.9. The molecule has 0 bridgehead atoms. The lowest BCUT2D eigenvalue weighted by atomic mass is 10.1. The van der Waals surface area contributed by atoms with Crippen molar-refractivity contribution in [2.45, 2.75) is 6.42 Å². The average Bonchev–Trinajstić information content (AvgIpc) is 2.14. The zero-order valence-corrected chi connectivity index (χ0v) is 6.08.